The first-order valence-electron chi connectivity index (χ1n) is 10.5. The normalized spacial score (nSPS) is 12.3. The summed E-state index contributed by atoms with van der Waals surface area (Å²) in [5, 5.41) is 77.0. The Morgan fingerprint density at radius 3 is 2.33 bits per heavy atom. The molecule has 0 radical (unpaired) electrons. The zero-order chi connectivity index (χ0) is 26.6. The summed E-state index contributed by atoms with van der Waals surface area (Å²) < 4.78 is 5.40. The van der Waals surface area contributed by atoms with Crippen LogP contribution in [0.5, 0.6) is 23.0 Å². The smallest absolute Gasteiger partial charge is 0.335 e. The van der Waals surface area contributed by atoms with Crippen LogP contribution in [-0.4, -0.2) is 67.8 Å². The summed E-state index contributed by atoms with van der Waals surface area (Å²) in [5.74, 6) is -8.00. The SMILES string of the molecule is COC(CNCC(O)(O)Nc1c(O)c(O)c(O)c(-c2cccc(C(=O)O)c2)c1O)c1cccc(Cl)c1. The van der Waals surface area contributed by atoms with Gasteiger partial charge in [0.1, 0.15) is 5.69 Å². The summed E-state index contributed by atoms with van der Waals surface area (Å²) in [6.07, 6.45) is -0.493. The third-order valence-electron chi connectivity index (χ3n) is 5.33. The zero-order valence-electron chi connectivity index (χ0n) is 18.9. The van der Waals surface area contributed by atoms with Crippen molar-refractivity contribution in [2.24, 2.45) is 0 Å². The molecular formula is C24H25ClN2O9. The van der Waals surface area contributed by atoms with Gasteiger partial charge < -0.3 is 51.1 Å². The van der Waals surface area contributed by atoms with E-state index < -0.39 is 58.8 Å². The Morgan fingerprint density at radius 1 is 1.00 bits per heavy atom. The van der Waals surface area contributed by atoms with Crippen molar-refractivity contribution in [2.45, 2.75) is 12.0 Å². The molecule has 3 aromatic rings. The topological polar surface area (TPSA) is 192 Å². The Labute approximate surface area is 210 Å². The second kappa shape index (κ2) is 10.9. The Balaban J connectivity index is 1.84. The highest BCUT2D eigenvalue weighted by atomic mass is 35.5. The molecule has 1 unspecified atom stereocenters. The van der Waals surface area contributed by atoms with Crippen LogP contribution in [0.1, 0.15) is 22.0 Å². The zero-order valence-corrected chi connectivity index (χ0v) is 19.7. The molecule has 3 aromatic carbocycles. The number of carboxylic acid groups (broad SMARTS) is 1. The second-order valence-corrected chi connectivity index (χ2v) is 8.32. The quantitative estimate of drug-likeness (QED) is 0.108. The van der Waals surface area contributed by atoms with Gasteiger partial charge in [0, 0.05) is 18.7 Å². The van der Waals surface area contributed by atoms with E-state index in [4.69, 9.17) is 16.3 Å². The lowest BCUT2D eigenvalue weighted by molar-refractivity contribution is -0.132. The number of anilines is 1. The third kappa shape index (κ3) is 5.90. The van der Waals surface area contributed by atoms with Crippen LogP contribution >= 0.6 is 11.6 Å². The van der Waals surface area contributed by atoms with E-state index in [1.807, 2.05) is 0 Å². The molecule has 0 saturated heterocycles. The highest BCUT2D eigenvalue weighted by Gasteiger charge is 2.31. The molecule has 3 rings (SSSR count). The van der Waals surface area contributed by atoms with Crippen molar-refractivity contribution < 1.29 is 45.3 Å². The molecule has 9 N–H and O–H groups in total. The van der Waals surface area contributed by atoms with Gasteiger partial charge >= 0.3 is 5.97 Å². The van der Waals surface area contributed by atoms with Gasteiger partial charge in [-0.3, -0.25) is 0 Å². The minimum absolute atomic E-state index is 0.0210. The second-order valence-electron chi connectivity index (χ2n) is 7.88. The van der Waals surface area contributed by atoms with E-state index >= 15 is 0 Å². The Morgan fingerprint density at radius 2 is 1.69 bits per heavy atom. The first kappa shape index (κ1) is 26.9. The van der Waals surface area contributed by atoms with Crippen molar-refractivity contribution in [1.29, 1.82) is 0 Å². The average molecular weight is 521 g/mol. The minimum Gasteiger partial charge on any atom is -0.505 e. The first-order chi connectivity index (χ1) is 16.9. The lowest BCUT2D eigenvalue weighted by Gasteiger charge is -2.27. The number of aromatic carboxylic acids is 1. The molecule has 0 aliphatic rings. The number of carbonyl (C=O) groups is 1. The first-order valence-corrected chi connectivity index (χ1v) is 10.9. The van der Waals surface area contributed by atoms with Crippen LogP contribution in [0.25, 0.3) is 11.1 Å². The van der Waals surface area contributed by atoms with Gasteiger partial charge in [-0.15, -0.1) is 0 Å². The summed E-state index contributed by atoms with van der Waals surface area (Å²) in [7, 11) is 1.47. The number of ether oxygens (including phenoxy) is 1. The number of halogens is 1. The molecule has 0 fully saturated rings. The molecule has 11 nitrogen and oxygen atoms in total. The maximum absolute atomic E-state index is 11.3. The van der Waals surface area contributed by atoms with Gasteiger partial charge in [0.05, 0.1) is 23.8 Å². The van der Waals surface area contributed by atoms with Crippen LogP contribution in [0.2, 0.25) is 5.02 Å². The lowest BCUT2D eigenvalue weighted by atomic mass is 9.99. The van der Waals surface area contributed by atoms with E-state index in [1.165, 1.54) is 25.3 Å². The highest BCUT2D eigenvalue weighted by Crippen LogP contribution is 2.54. The van der Waals surface area contributed by atoms with Crippen molar-refractivity contribution in [3.05, 3.63) is 64.7 Å². The average Bonchev–Trinajstić information content (AvgIpc) is 2.83. The van der Waals surface area contributed by atoms with Gasteiger partial charge in [0.25, 0.3) is 5.91 Å². The number of hydrogen-bond donors (Lipinski definition) is 9. The van der Waals surface area contributed by atoms with E-state index in [9.17, 15) is 40.5 Å². The Kier molecular flexibility index (Phi) is 8.13. The third-order valence-corrected chi connectivity index (χ3v) is 5.56. The maximum atomic E-state index is 11.3. The fourth-order valence-corrected chi connectivity index (χ4v) is 3.76. The number of aromatic hydroxyl groups is 4. The molecule has 1 atom stereocenters. The van der Waals surface area contributed by atoms with E-state index in [1.54, 1.807) is 24.3 Å². The van der Waals surface area contributed by atoms with Crippen molar-refractivity contribution >= 4 is 23.3 Å². The van der Waals surface area contributed by atoms with Crippen LogP contribution in [0.4, 0.5) is 5.69 Å². The summed E-state index contributed by atoms with van der Waals surface area (Å²) in [4.78, 5) is 11.3. The molecule has 0 amide bonds. The molecule has 0 saturated carbocycles. The van der Waals surface area contributed by atoms with Crippen LogP contribution in [0.15, 0.2) is 48.5 Å². The fourth-order valence-electron chi connectivity index (χ4n) is 3.56. The number of benzene rings is 3. The van der Waals surface area contributed by atoms with Gasteiger partial charge in [-0.1, -0.05) is 35.9 Å². The van der Waals surface area contributed by atoms with Crippen molar-refractivity contribution in [3.63, 3.8) is 0 Å². The van der Waals surface area contributed by atoms with Gasteiger partial charge in [0.15, 0.2) is 17.2 Å². The molecule has 0 aliphatic carbocycles. The molecular weight excluding hydrogens is 496 g/mol. The van der Waals surface area contributed by atoms with E-state index in [0.717, 1.165) is 11.6 Å². The largest absolute Gasteiger partial charge is 0.505 e. The van der Waals surface area contributed by atoms with Crippen molar-refractivity contribution in [3.8, 4) is 34.1 Å². The molecule has 36 heavy (non-hydrogen) atoms. The predicted octanol–water partition coefficient (Wildman–Crippen LogP) is 2.56. The maximum Gasteiger partial charge on any atom is 0.335 e. The number of nitrogens with one attached hydrogen (secondary N) is 2. The van der Waals surface area contributed by atoms with Gasteiger partial charge in [-0.25, -0.2) is 4.79 Å². The van der Waals surface area contributed by atoms with E-state index in [2.05, 4.69) is 10.6 Å². The van der Waals surface area contributed by atoms with E-state index in [0.29, 0.717) is 5.02 Å². The van der Waals surface area contributed by atoms with Gasteiger partial charge in [-0.05, 0) is 35.4 Å². The monoisotopic (exact) mass is 520 g/mol. The van der Waals surface area contributed by atoms with Crippen LogP contribution in [-0.2, 0) is 4.74 Å². The van der Waals surface area contributed by atoms with Crippen LogP contribution < -0.4 is 10.6 Å². The summed E-state index contributed by atoms with van der Waals surface area (Å²) >= 11 is 6.00. The van der Waals surface area contributed by atoms with Crippen LogP contribution in [0.3, 0.4) is 0 Å². The fraction of sp³-hybridized carbons (Fsp3) is 0.208. The Bertz CT molecular complexity index is 1270. The minimum atomic E-state index is -2.77. The molecule has 0 spiro atoms. The number of carboxylic acids is 1. The predicted molar refractivity (Wildman–Crippen MR) is 130 cm³/mol. The van der Waals surface area contributed by atoms with Crippen molar-refractivity contribution in [2.75, 3.05) is 25.5 Å². The molecule has 0 heterocycles. The summed E-state index contributed by atoms with van der Waals surface area (Å²) in [6, 6.07) is 12.0. The number of phenols is 4. The summed E-state index contributed by atoms with van der Waals surface area (Å²) in [5.41, 5.74) is -0.624. The standard InChI is InChI=1S/C24H25ClN2O9/c1-36-16(12-4-3-7-15(25)9-12)10-26-11-24(34,35)27-18-19(28)17(20(29)22(31)21(18)30)13-5-2-6-14(8-13)23(32)33/h2-9,16,26-31,34-35H,10-11H2,1H3,(H,32,33). The molecule has 192 valence electrons. The molecule has 0 bridgehead atoms. The number of methoxy groups -OCH3 is 1. The van der Waals surface area contributed by atoms with Crippen molar-refractivity contribution in [1.82, 2.24) is 5.32 Å². The molecule has 12 heteroatoms. The Hall–Kier alpha value is -3.74. The number of hydrogen-bond acceptors (Lipinski definition) is 10. The van der Waals surface area contributed by atoms with Crippen LogP contribution in [0, 0.1) is 0 Å². The number of phenolic OH excluding ortho intramolecular Hbond substituents is 4. The van der Waals surface area contributed by atoms with E-state index in [-0.39, 0.29) is 17.7 Å². The summed E-state index contributed by atoms with van der Waals surface area (Å²) in [6.45, 7) is -0.425. The molecule has 0 aromatic heterocycles. The highest BCUT2D eigenvalue weighted by molar-refractivity contribution is 6.30. The molecule has 0 aliphatic heterocycles. The lowest BCUT2D eigenvalue weighted by Crippen LogP contribution is -2.48. The number of aliphatic hydroxyl groups is 2. The van der Waals surface area contributed by atoms with Gasteiger partial charge in [-0.2, -0.15) is 0 Å². The van der Waals surface area contributed by atoms with Gasteiger partial charge in [0.2, 0.25) is 5.75 Å². The number of rotatable bonds is 10.